The third kappa shape index (κ3) is 2.59. The minimum absolute atomic E-state index is 0.0880. The first-order valence-corrected chi connectivity index (χ1v) is 7.35. The fraction of sp³-hybridized carbons (Fsp3) is 0.500. The van der Waals surface area contributed by atoms with Crippen LogP contribution >= 0.6 is 0 Å². The number of rotatable bonds is 2. The van der Waals surface area contributed by atoms with Crippen LogP contribution in [0, 0.1) is 5.92 Å². The highest BCUT2D eigenvalue weighted by molar-refractivity contribution is 6.09. The Bertz CT molecular complexity index is 579. The van der Waals surface area contributed by atoms with Gasteiger partial charge in [0, 0.05) is 31.9 Å². The second kappa shape index (κ2) is 5.58. The van der Waals surface area contributed by atoms with Gasteiger partial charge in [-0.15, -0.1) is 0 Å². The summed E-state index contributed by atoms with van der Waals surface area (Å²) in [5, 5.41) is 0. The predicted molar refractivity (Wildman–Crippen MR) is 77.7 cm³/mol. The first-order valence-electron chi connectivity index (χ1n) is 7.35. The smallest absolute Gasteiger partial charge is 0.260 e. The standard InChI is InChI=1S/C16H20N2O3/c1-18-14(19)9-11-2-3-12(8-13(11)16(18)20)15(17)10-4-6-21-7-5-10/h2-3,8,10,15H,4-7,9,17H2,1H3. The maximum absolute atomic E-state index is 12.2. The lowest BCUT2D eigenvalue weighted by molar-refractivity contribution is -0.127. The molecule has 0 bridgehead atoms. The average molecular weight is 288 g/mol. The largest absolute Gasteiger partial charge is 0.381 e. The van der Waals surface area contributed by atoms with Crippen molar-refractivity contribution in [3.8, 4) is 0 Å². The normalized spacial score (nSPS) is 21.3. The van der Waals surface area contributed by atoms with Crippen molar-refractivity contribution in [2.24, 2.45) is 11.7 Å². The number of carbonyl (C=O) groups is 2. The van der Waals surface area contributed by atoms with Gasteiger partial charge in [0.1, 0.15) is 0 Å². The number of nitrogens with zero attached hydrogens (tertiary/aromatic N) is 1. The highest BCUT2D eigenvalue weighted by Crippen LogP contribution is 2.30. The highest BCUT2D eigenvalue weighted by Gasteiger charge is 2.29. The van der Waals surface area contributed by atoms with Gasteiger partial charge in [-0.2, -0.15) is 0 Å². The first kappa shape index (κ1) is 14.2. The topological polar surface area (TPSA) is 72.6 Å². The maximum atomic E-state index is 12.2. The molecule has 3 rings (SSSR count). The Labute approximate surface area is 124 Å². The quantitative estimate of drug-likeness (QED) is 0.832. The third-order valence-electron chi connectivity index (χ3n) is 4.54. The fourth-order valence-electron chi connectivity index (χ4n) is 3.08. The number of hydrogen-bond acceptors (Lipinski definition) is 4. The van der Waals surface area contributed by atoms with Crippen LogP contribution in [0.2, 0.25) is 0 Å². The first-order chi connectivity index (χ1) is 10.1. The van der Waals surface area contributed by atoms with Gasteiger partial charge < -0.3 is 10.5 Å². The molecule has 1 aromatic rings. The molecule has 5 nitrogen and oxygen atoms in total. The summed E-state index contributed by atoms with van der Waals surface area (Å²) < 4.78 is 5.37. The Morgan fingerprint density at radius 1 is 1.29 bits per heavy atom. The van der Waals surface area contributed by atoms with E-state index in [1.165, 1.54) is 11.9 Å². The molecule has 2 heterocycles. The van der Waals surface area contributed by atoms with E-state index in [-0.39, 0.29) is 24.3 Å². The molecular formula is C16H20N2O3. The Kier molecular flexibility index (Phi) is 3.78. The van der Waals surface area contributed by atoms with Crippen molar-refractivity contribution in [3.63, 3.8) is 0 Å². The molecule has 1 saturated heterocycles. The van der Waals surface area contributed by atoms with Crippen molar-refractivity contribution in [1.82, 2.24) is 4.90 Å². The van der Waals surface area contributed by atoms with Crippen molar-refractivity contribution in [3.05, 3.63) is 34.9 Å². The lowest BCUT2D eigenvalue weighted by Crippen LogP contribution is -2.39. The zero-order chi connectivity index (χ0) is 15.0. The minimum Gasteiger partial charge on any atom is -0.381 e. The van der Waals surface area contributed by atoms with Gasteiger partial charge in [0.05, 0.1) is 6.42 Å². The van der Waals surface area contributed by atoms with Crippen LogP contribution in [0.3, 0.4) is 0 Å². The summed E-state index contributed by atoms with van der Waals surface area (Å²) in [6.45, 7) is 1.50. The van der Waals surface area contributed by atoms with E-state index in [0.29, 0.717) is 11.5 Å². The zero-order valence-corrected chi connectivity index (χ0v) is 12.2. The molecule has 5 heteroatoms. The lowest BCUT2D eigenvalue weighted by Gasteiger charge is -2.29. The molecule has 21 heavy (non-hydrogen) atoms. The fourth-order valence-corrected chi connectivity index (χ4v) is 3.08. The molecule has 2 N–H and O–H groups in total. The average Bonchev–Trinajstić information content (AvgIpc) is 2.53. The van der Waals surface area contributed by atoms with Crippen molar-refractivity contribution in [2.45, 2.75) is 25.3 Å². The van der Waals surface area contributed by atoms with Crippen LogP contribution in [0.1, 0.15) is 40.4 Å². The van der Waals surface area contributed by atoms with Crippen LogP contribution in [0.15, 0.2) is 18.2 Å². The molecule has 1 fully saturated rings. The number of ether oxygens (including phenoxy) is 1. The van der Waals surface area contributed by atoms with Crippen molar-refractivity contribution < 1.29 is 14.3 Å². The van der Waals surface area contributed by atoms with Gasteiger partial charge in [0.15, 0.2) is 0 Å². The molecular weight excluding hydrogens is 268 g/mol. The van der Waals surface area contributed by atoms with E-state index in [1.54, 1.807) is 0 Å². The van der Waals surface area contributed by atoms with E-state index in [4.69, 9.17) is 10.5 Å². The van der Waals surface area contributed by atoms with Gasteiger partial charge in [-0.05, 0) is 36.0 Å². The van der Waals surface area contributed by atoms with E-state index in [2.05, 4.69) is 0 Å². The Hall–Kier alpha value is -1.72. The van der Waals surface area contributed by atoms with Crippen LogP contribution in [0.4, 0.5) is 0 Å². The number of nitrogens with two attached hydrogens (primary N) is 1. The molecule has 2 aliphatic heterocycles. The van der Waals surface area contributed by atoms with Gasteiger partial charge in [0.2, 0.25) is 5.91 Å². The van der Waals surface area contributed by atoms with Crippen LogP contribution in [-0.4, -0.2) is 37.0 Å². The molecule has 0 aromatic heterocycles. The third-order valence-corrected chi connectivity index (χ3v) is 4.54. The Balaban J connectivity index is 1.88. The zero-order valence-electron chi connectivity index (χ0n) is 12.2. The van der Waals surface area contributed by atoms with E-state index >= 15 is 0 Å². The number of carbonyl (C=O) groups excluding carboxylic acids is 2. The van der Waals surface area contributed by atoms with Crippen LogP contribution in [-0.2, 0) is 16.0 Å². The molecule has 2 aliphatic rings. The minimum atomic E-state index is -0.234. The molecule has 1 unspecified atom stereocenters. The van der Waals surface area contributed by atoms with Gasteiger partial charge in [0.25, 0.3) is 5.91 Å². The number of hydrogen-bond donors (Lipinski definition) is 1. The van der Waals surface area contributed by atoms with E-state index in [1.807, 2.05) is 18.2 Å². The van der Waals surface area contributed by atoms with Crippen molar-refractivity contribution in [1.29, 1.82) is 0 Å². The highest BCUT2D eigenvalue weighted by atomic mass is 16.5. The van der Waals surface area contributed by atoms with Crippen LogP contribution < -0.4 is 5.73 Å². The molecule has 1 atom stereocenters. The second-order valence-corrected chi connectivity index (χ2v) is 5.83. The van der Waals surface area contributed by atoms with Crippen molar-refractivity contribution in [2.75, 3.05) is 20.3 Å². The summed E-state index contributed by atoms with van der Waals surface area (Å²) in [6.07, 6.45) is 2.18. The predicted octanol–water partition coefficient (Wildman–Crippen LogP) is 1.27. The molecule has 0 spiro atoms. The summed E-state index contributed by atoms with van der Waals surface area (Å²) in [7, 11) is 1.53. The summed E-state index contributed by atoms with van der Waals surface area (Å²) in [5.41, 5.74) is 8.74. The van der Waals surface area contributed by atoms with Gasteiger partial charge >= 0.3 is 0 Å². The molecule has 0 aliphatic carbocycles. The number of imide groups is 1. The van der Waals surface area contributed by atoms with E-state index < -0.39 is 0 Å². The van der Waals surface area contributed by atoms with E-state index in [0.717, 1.165) is 37.2 Å². The Morgan fingerprint density at radius 3 is 2.71 bits per heavy atom. The summed E-state index contributed by atoms with van der Waals surface area (Å²) in [5.74, 6) is -0.00823. The van der Waals surface area contributed by atoms with Crippen molar-refractivity contribution >= 4 is 11.8 Å². The van der Waals surface area contributed by atoms with Crippen LogP contribution in [0.5, 0.6) is 0 Å². The summed E-state index contributed by atoms with van der Waals surface area (Å²) >= 11 is 0. The lowest BCUT2D eigenvalue weighted by atomic mass is 9.85. The van der Waals surface area contributed by atoms with Gasteiger partial charge in [-0.3, -0.25) is 14.5 Å². The van der Waals surface area contributed by atoms with Crippen LogP contribution in [0.25, 0.3) is 0 Å². The van der Waals surface area contributed by atoms with Gasteiger partial charge in [-0.1, -0.05) is 12.1 Å². The maximum Gasteiger partial charge on any atom is 0.260 e. The summed E-state index contributed by atoms with van der Waals surface area (Å²) in [6, 6.07) is 5.59. The number of fused-ring (bicyclic) bond motifs is 1. The molecule has 2 amide bonds. The molecule has 0 saturated carbocycles. The number of likely N-dealkylation sites (N-methyl/N-ethyl adjacent to an activating group) is 1. The number of benzene rings is 1. The Morgan fingerprint density at radius 2 is 2.00 bits per heavy atom. The van der Waals surface area contributed by atoms with Gasteiger partial charge in [-0.25, -0.2) is 0 Å². The SMILES string of the molecule is CN1C(=O)Cc2ccc(C(N)C3CCOCC3)cc2C1=O. The second-order valence-electron chi connectivity index (χ2n) is 5.83. The molecule has 1 aromatic carbocycles. The monoisotopic (exact) mass is 288 g/mol. The number of amides is 2. The molecule has 0 radical (unpaired) electrons. The summed E-state index contributed by atoms with van der Waals surface area (Å²) in [4.78, 5) is 25.1. The van der Waals surface area contributed by atoms with E-state index in [9.17, 15) is 9.59 Å². The molecule has 112 valence electrons.